The molecule has 8 nitrogen and oxygen atoms in total. The second kappa shape index (κ2) is 9.43. The summed E-state index contributed by atoms with van der Waals surface area (Å²) in [6.45, 7) is 9.41. The third kappa shape index (κ3) is 4.32. The predicted octanol–water partition coefficient (Wildman–Crippen LogP) is 3.62. The van der Waals surface area contributed by atoms with Gasteiger partial charge in [0.1, 0.15) is 5.02 Å². The lowest BCUT2D eigenvalue weighted by molar-refractivity contribution is -0.122. The Labute approximate surface area is 205 Å². The molecular formula is C25H32ClN7O. The first kappa shape index (κ1) is 22.9. The van der Waals surface area contributed by atoms with Crippen LogP contribution in [-0.4, -0.2) is 53.0 Å². The molecule has 0 radical (unpaired) electrons. The molecule has 4 unspecified atom stereocenters. The van der Waals surface area contributed by atoms with Crippen LogP contribution in [0.25, 0.3) is 0 Å². The van der Waals surface area contributed by atoms with Crippen molar-refractivity contribution in [1.29, 1.82) is 0 Å². The Morgan fingerprint density at radius 1 is 1.21 bits per heavy atom. The molecule has 1 fully saturated rings. The van der Waals surface area contributed by atoms with E-state index in [1.807, 2.05) is 0 Å². The maximum absolute atomic E-state index is 12.1. The number of anilines is 4. The van der Waals surface area contributed by atoms with E-state index < -0.39 is 0 Å². The molecule has 1 aliphatic heterocycles. The zero-order valence-corrected chi connectivity index (χ0v) is 20.4. The molecule has 1 amide bonds. The third-order valence-electron chi connectivity index (χ3n) is 7.43. The van der Waals surface area contributed by atoms with Crippen molar-refractivity contribution in [2.75, 3.05) is 41.7 Å². The van der Waals surface area contributed by atoms with Gasteiger partial charge in [-0.25, -0.2) is 4.98 Å². The van der Waals surface area contributed by atoms with E-state index in [9.17, 15) is 4.79 Å². The van der Waals surface area contributed by atoms with Crippen LogP contribution in [0.15, 0.2) is 36.5 Å². The number of aromatic nitrogens is 2. The molecule has 9 heteroatoms. The highest BCUT2D eigenvalue weighted by molar-refractivity contribution is 6.32. The lowest BCUT2D eigenvalue weighted by Crippen LogP contribution is -2.41. The minimum absolute atomic E-state index is 0.111. The molecule has 2 aromatic rings. The summed E-state index contributed by atoms with van der Waals surface area (Å²) in [5.74, 6) is 0.850. The first-order chi connectivity index (χ1) is 16.5. The highest BCUT2D eigenvalue weighted by Crippen LogP contribution is 2.45. The van der Waals surface area contributed by atoms with E-state index in [-0.39, 0.29) is 29.7 Å². The summed E-state index contributed by atoms with van der Waals surface area (Å²) in [6.07, 6.45) is 6.77. The topological polar surface area (TPSA) is 99.4 Å². The molecule has 2 bridgehead atoms. The second-order valence-electron chi connectivity index (χ2n) is 9.35. The molecule has 0 saturated heterocycles. The summed E-state index contributed by atoms with van der Waals surface area (Å²) in [6, 6.07) is 6.32. The molecule has 2 heterocycles. The van der Waals surface area contributed by atoms with Crippen molar-refractivity contribution in [2.45, 2.75) is 32.9 Å². The molecule has 34 heavy (non-hydrogen) atoms. The number of carbonyl (C=O) groups excluding carboxylic acids is 1. The smallest absolute Gasteiger partial charge is 0.229 e. The van der Waals surface area contributed by atoms with Gasteiger partial charge < -0.3 is 21.3 Å². The van der Waals surface area contributed by atoms with E-state index in [1.165, 1.54) is 11.3 Å². The first-order valence-corrected chi connectivity index (χ1v) is 12.5. The molecule has 0 spiro atoms. The number of nitrogens with two attached hydrogens (primary N) is 1. The van der Waals surface area contributed by atoms with E-state index in [0.717, 1.165) is 44.8 Å². The Morgan fingerprint density at radius 2 is 2.03 bits per heavy atom. The monoisotopic (exact) mass is 481 g/mol. The van der Waals surface area contributed by atoms with Crippen molar-refractivity contribution in [1.82, 2.24) is 14.9 Å². The highest BCUT2D eigenvalue weighted by atomic mass is 35.5. The van der Waals surface area contributed by atoms with E-state index in [0.29, 0.717) is 16.8 Å². The van der Waals surface area contributed by atoms with Crippen LogP contribution in [-0.2, 0) is 11.3 Å². The largest absolute Gasteiger partial charge is 0.370 e. The van der Waals surface area contributed by atoms with Crippen molar-refractivity contribution in [3.05, 3.63) is 47.1 Å². The number of benzene rings is 1. The molecule has 1 saturated carbocycles. The van der Waals surface area contributed by atoms with Crippen LogP contribution in [0.2, 0.25) is 5.02 Å². The quantitative estimate of drug-likeness (QED) is 0.519. The van der Waals surface area contributed by atoms with Crippen molar-refractivity contribution >= 4 is 40.6 Å². The number of nitrogens with one attached hydrogen (secondary N) is 2. The van der Waals surface area contributed by atoms with Crippen LogP contribution < -0.4 is 21.3 Å². The minimum Gasteiger partial charge on any atom is -0.370 e. The zero-order valence-electron chi connectivity index (χ0n) is 19.7. The first-order valence-electron chi connectivity index (χ1n) is 12.1. The fourth-order valence-corrected chi connectivity index (χ4v) is 5.74. The summed E-state index contributed by atoms with van der Waals surface area (Å²) in [5, 5.41) is 7.15. The van der Waals surface area contributed by atoms with Crippen LogP contribution in [0.1, 0.15) is 25.8 Å². The van der Waals surface area contributed by atoms with Crippen LogP contribution >= 0.6 is 11.6 Å². The van der Waals surface area contributed by atoms with Gasteiger partial charge >= 0.3 is 0 Å². The Balaban J connectivity index is 1.37. The van der Waals surface area contributed by atoms with Crippen LogP contribution in [0.5, 0.6) is 0 Å². The van der Waals surface area contributed by atoms with Crippen LogP contribution in [0.4, 0.5) is 23.1 Å². The van der Waals surface area contributed by atoms with Crippen molar-refractivity contribution < 1.29 is 4.79 Å². The summed E-state index contributed by atoms with van der Waals surface area (Å²) < 4.78 is 0. The van der Waals surface area contributed by atoms with Crippen LogP contribution in [0.3, 0.4) is 0 Å². The van der Waals surface area contributed by atoms with E-state index in [4.69, 9.17) is 17.3 Å². The van der Waals surface area contributed by atoms with Gasteiger partial charge in [-0.2, -0.15) is 4.98 Å². The number of carbonyl (C=O) groups is 1. The van der Waals surface area contributed by atoms with Crippen molar-refractivity contribution in [2.24, 2.45) is 23.5 Å². The van der Waals surface area contributed by atoms with Gasteiger partial charge in [0, 0.05) is 43.6 Å². The molecule has 4 atom stereocenters. The standard InChI is InChI=1S/C25H32ClN7O/c1-3-32-9-10-33(4-2)20-12-18(8-7-17(20)14-32)29-25-28-13-19(26)24(31-25)30-22-16-6-5-15(11-16)21(22)23(27)34/h5-8,12-13,15-16,21-22H,3-4,9-11,14H2,1-2H3,(H2,27,34)(H2,28,29,30,31). The van der Waals surface area contributed by atoms with Gasteiger partial charge in [-0.15, -0.1) is 0 Å². The number of nitrogens with zero attached hydrogens (tertiary/aromatic N) is 4. The predicted molar refractivity (Wildman–Crippen MR) is 136 cm³/mol. The number of likely N-dealkylation sites (N-methyl/N-ethyl adjacent to an activating group) is 2. The summed E-state index contributed by atoms with van der Waals surface area (Å²) in [4.78, 5) is 26.0. The number of hydrogen-bond donors (Lipinski definition) is 3. The Hall–Kier alpha value is -2.84. The van der Waals surface area contributed by atoms with Gasteiger partial charge in [0.15, 0.2) is 5.82 Å². The summed E-state index contributed by atoms with van der Waals surface area (Å²) >= 11 is 6.42. The fraction of sp³-hybridized carbons (Fsp3) is 0.480. The molecular weight excluding hydrogens is 450 g/mol. The van der Waals surface area contributed by atoms with Gasteiger partial charge in [-0.3, -0.25) is 9.69 Å². The van der Waals surface area contributed by atoms with E-state index >= 15 is 0 Å². The molecule has 1 aromatic carbocycles. The van der Waals surface area contributed by atoms with Gasteiger partial charge in [0.25, 0.3) is 0 Å². The molecule has 5 rings (SSSR count). The van der Waals surface area contributed by atoms with Crippen LogP contribution in [0, 0.1) is 17.8 Å². The van der Waals surface area contributed by atoms with Gasteiger partial charge in [0.05, 0.1) is 12.1 Å². The number of amides is 1. The maximum atomic E-state index is 12.1. The third-order valence-corrected chi connectivity index (χ3v) is 7.70. The van der Waals surface area contributed by atoms with E-state index in [2.05, 4.69) is 74.6 Å². The molecule has 3 aliphatic rings. The molecule has 4 N–H and O–H groups in total. The van der Waals surface area contributed by atoms with Gasteiger partial charge in [0.2, 0.25) is 11.9 Å². The number of primary amides is 1. The summed E-state index contributed by atoms with van der Waals surface area (Å²) in [7, 11) is 0. The second-order valence-corrected chi connectivity index (χ2v) is 9.76. The number of rotatable bonds is 7. The lowest BCUT2D eigenvalue weighted by Gasteiger charge is -2.27. The Bertz CT molecular complexity index is 1110. The Morgan fingerprint density at radius 3 is 2.79 bits per heavy atom. The number of hydrogen-bond acceptors (Lipinski definition) is 7. The van der Waals surface area contributed by atoms with E-state index in [1.54, 1.807) is 6.20 Å². The normalized spacial score (nSPS) is 25.8. The molecule has 180 valence electrons. The van der Waals surface area contributed by atoms with Crippen molar-refractivity contribution in [3.63, 3.8) is 0 Å². The number of fused-ring (bicyclic) bond motifs is 3. The van der Waals surface area contributed by atoms with Gasteiger partial charge in [-0.05, 0) is 49.4 Å². The SMILES string of the molecule is CCN1CCN(CC)c2cc(Nc3ncc(Cl)c(NC4C5C=CC(C5)C4C(N)=O)n3)ccc2C1. The maximum Gasteiger partial charge on any atom is 0.229 e. The average Bonchev–Trinajstić information content (AvgIpc) is 3.38. The lowest BCUT2D eigenvalue weighted by atomic mass is 9.88. The molecule has 1 aromatic heterocycles. The average molecular weight is 482 g/mol. The minimum atomic E-state index is -0.287. The fourth-order valence-electron chi connectivity index (χ4n) is 5.59. The van der Waals surface area contributed by atoms with Crippen molar-refractivity contribution in [3.8, 4) is 0 Å². The molecule has 2 aliphatic carbocycles. The van der Waals surface area contributed by atoms with Gasteiger partial charge in [-0.1, -0.05) is 36.7 Å². The number of allylic oxidation sites excluding steroid dienone is 1. The highest BCUT2D eigenvalue weighted by Gasteiger charge is 2.47. The summed E-state index contributed by atoms with van der Waals surface area (Å²) in [5.41, 5.74) is 9.20. The number of halogens is 1. The zero-order chi connectivity index (χ0) is 23.8. The Kier molecular flexibility index (Phi) is 6.36.